The van der Waals surface area contributed by atoms with Crippen LogP contribution >= 0.6 is 0 Å². The van der Waals surface area contributed by atoms with E-state index in [1.165, 1.54) is 0 Å². The van der Waals surface area contributed by atoms with Crippen molar-refractivity contribution in [2.24, 2.45) is 0 Å². The fourth-order valence-electron chi connectivity index (χ4n) is 2.03. The summed E-state index contributed by atoms with van der Waals surface area (Å²) in [4.78, 5) is 21.0. The van der Waals surface area contributed by atoms with Crippen molar-refractivity contribution in [1.29, 1.82) is 0 Å². The fourth-order valence-corrected chi connectivity index (χ4v) is 3.22. The lowest BCUT2D eigenvalue weighted by molar-refractivity contribution is -0.384. The molecule has 0 amide bonds. The number of carboxylic acid groups (broad SMARTS) is 1. The van der Waals surface area contributed by atoms with Crippen molar-refractivity contribution in [2.75, 3.05) is 0 Å². The summed E-state index contributed by atoms with van der Waals surface area (Å²) < 4.78 is 26.7. The smallest absolute Gasteiger partial charge is 0.322 e. The van der Waals surface area contributed by atoms with Crippen molar-refractivity contribution in [3.63, 3.8) is 0 Å². The van der Waals surface area contributed by atoms with Crippen LogP contribution in [0, 0.1) is 10.1 Å². The number of sulfonamides is 1. The molecule has 0 aliphatic rings. The number of nitro benzene ring substituents is 1. The first-order valence-electron chi connectivity index (χ1n) is 6.83. The summed E-state index contributed by atoms with van der Waals surface area (Å²) in [6.07, 6.45) is -0.0254. The number of hydrogen-bond donors (Lipinski definition) is 2. The molecule has 1 unspecified atom stereocenters. The molecule has 2 aromatic rings. The third-order valence-electron chi connectivity index (χ3n) is 3.24. The molecule has 0 saturated carbocycles. The van der Waals surface area contributed by atoms with Gasteiger partial charge in [-0.25, -0.2) is 8.42 Å². The number of nitrogens with zero attached hydrogens (tertiary/aromatic N) is 1. The standard InChI is InChI=1S/C15H14N2O6S/c18-15(19)14(10-11-4-2-1-3-5-11)16-24(22,23)13-8-6-12(7-9-13)17(20)21/h1-9,14,16H,10H2,(H,18,19). The molecule has 0 fully saturated rings. The van der Waals surface area contributed by atoms with Crippen LogP contribution in [-0.4, -0.2) is 30.5 Å². The molecule has 0 aliphatic carbocycles. The van der Waals surface area contributed by atoms with Crippen LogP contribution in [0.4, 0.5) is 5.69 Å². The predicted molar refractivity (Wildman–Crippen MR) is 85.0 cm³/mol. The lowest BCUT2D eigenvalue weighted by Crippen LogP contribution is -2.42. The van der Waals surface area contributed by atoms with E-state index in [-0.39, 0.29) is 17.0 Å². The van der Waals surface area contributed by atoms with E-state index in [0.717, 1.165) is 24.3 Å². The van der Waals surface area contributed by atoms with Crippen molar-refractivity contribution in [3.8, 4) is 0 Å². The molecule has 24 heavy (non-hydrogen) atoms. The second-order valence-corrected chi connectivity index (χ2v) is 6.67. The van der Waals surface area contributed by atoms with E-state index >= 15 is 0 Å². The number of nitro groups is 1. The second-order valence-electron chi connectivity index (χ2n) is 4.95. The lowest BCUT2D eigenvalue weighted by Gasteiger charge is -2.15. The maximum atomic E-state index is 12.3. The first-order valence-corrected chi connectivity index (χ1v) is 8.31. The van der Waals surface area contributed by atoms with E-state index in [1.807, 2.05) is 0 Å². The van der Waals surface area contributed by atoms with Gasteiger partial charge in [-0.1, -0.05) is 30.3 Å². The van der Waals surface area contributed by atoms with Gasteiger partial charge in [0.25, 0.3) is 5.69 Å². The van der Waals surface area contributed by atoms with Gasteiger partial charge in [-0.3, -0.25) is 14.9 Å². The van der Waals surface area contributed by atoms with Gasteiger partial charge in [-0.2, -0.15) is 4.72 Å². The molecule has 0 heterocycles. The minimum atomic E-state index is -4.12. The van der Waals surface area contributed by atoms with E-state index in [2.05, 4.69) is 4.72 Å². The van der Waals surface area contributed by atoms with Crippen molar-refractivity contribution >= 4 is 21.7 Å². The SMILES string of the molecule is O=C(O)C(Cc1ccccc1)NS(=O)(=O)c1ccc([N+](=O)[O-])cc1. The molecule has 2 N–H and O–H groups in total. The van der Waals surface area contributed by atoms with Crippen LogP contribution in [0.25, 0.3) is 0 Å². The van der Waals surface area contributed by atoms with E-state index < -0.39 is 27.0 Å². The maximum Gasteiger partial charge on any atom is 0.322 e. The molecular weight excluding hydrogens is 336 g/mol. The second kappa shape index (κ2) is 7.20. The quantitative estimate of drug-likeness (QED) is 0.576. The summed E-state index contributed by atoms with van der Waals surface area (Å²) >= 11 is 0. The minimum absolute atomic E-state index is 0.0254. The van der Waals surface area contributed by atoms with Gasteiger partial charge in [0.15, 0.2) is 0 Å². The average molecular weight is 350 g/mol. The number of non-ortho nitro benzene ring substituents is 1. The minimum Gasteiger partial charge on any atom is -0.480 e. The van der Waals surface area contributed by atoms with E-state index in [9.17, 15) is 28.4 Å². The number of hydrogen-bond acceptors (Lipinski definition) is 5. The summed E-state index contributed by atoms with van der Waals surface area (Å²) in [7, 11) is -4.12. The van der Waals surface area contributed by atoms with Crippen LogP contribution in [-0.2, 0) is 21.2 Å². The predicted octanol–water partition coefficient (Wildman–Crippen LogP) is 1.57. The Labute approximate surface area is 138 Å². The number of benzene rings is 2. The van der Waals surface area contributed by atoms with Crippen LogP contribution in [0.15, 0.2) is 59.5 Å². The molecule has 126 valence electrons. The van der Waals surface area contributed by atoms with Gasteiger partial charge in [0.1, 0.15) is 6.04 Å². The number of rotatable bonds is 7. The van der Waals surface area contributed by atoms with Crippen LogP contribution in [0.1, 0.15) is 5.56 Å². The number of carboxylic acids is 1. The molecule has 9 heteroatoms. The lowest BCUT2D eigenvalue weighted by atomic mass is 10.1. The fraction of sp³-hybridized carbons (Fsp3) is 0.133. The van der Waals surface area contributed by atoms with Gasteiger partial charge < -0.3 is 5.11 Å². The Morgan fingerprint density at radius 2 is 1.71 bits per heavy atom. The maximum absolute atomic E-state index is 12.3. The van der Waals surface area contributed by atoms with Gasteiger partial charge >= 0.3 is 5.97 Å². The molecule has 0 radical (unpaired) electrons. The zero-order chi connectivity index (χ0) is 17.7. The first-order chi connectivity index (χ1) is 11.3. The Kier molecular flexibility index (Phi) is 5.27. The molecule has 8 nitrogen and oxygen atoms in total. The van der Waals surface area contributed by atoms with Gasteiger partial charge in [0.05, 0.1) is 9.82 Å². The molecule has 0 aromatic heterocycles. The Hall–Kier alpha value is -2.78. The average Bonchev–Trinajstić information content (AvgIpc) is 2.55. The third-order valence-corrected chi connectivity index (χ3v) is 4.72. The molecule has 2 aromatic carbocycles. The van der Waals surface area contributed by atoms with Crippen LogP contribution in [0.5, 0.6) is 0 Å². The molecule has 0 saturated heterocycles. The van der Waals surface area contributed by atoms with Crippen LogP contribution < -0.4 is 4.72 Å². The molecule has 0 spiro atoms. The highest BCUT2D eigenvalue weighted by Gasteiger charge is 2.26. The number of carbonyl (C=O) groups is 1. The number of aliphatic carboxylic acids is 1. The van der Waals surface area contributed by atoms with Crippen LogP contribution in [0.2, 0.25) is 0 Å². The van der Waals surface area contributed by atoms with Crippen LogP contribution in [0.3, 0.4) is 0 Å². The normalized spacial score (nSPS) is 12.5. The van der Waals surface area contributed by atoms with Crippen molar-refractivity contribution < 1.29 is 23.2 Å². The largest absolute Gasteiger partial charge is 0.480 e. The van der Waals surface area contributed by atoms with Gasteiger partial charge in [-0.15, -0.1) is 0 Å². The van der Waals surface area contributed by atoms with Crippen molar-refractivity contribution in [1.82, 2.24) is 4.72 Å². The zero-order valence-corrected chi connectivity index (χ0v) is 13.1. The van der Waals surface area contributed by atoms with Gasteiger partial charge in [-0.05, 0) is 24.1 Å². The highest BCUT2D eigenvalue weighted by atomic mass is 32.2. The van der Waals surface area contributed by atoms with Crippen molar-refractivity contribution in [2.45, 2.75) is 17.4 Å². The summed E-state index contributed by atoms with van der Waals surface area (Å²) in [6.45, 7) is 0. The van der Waals surface area contributed by atoms with E-state index in [0.29, 0.717) is 5.56 Å². The zero-order valence-electron chi connectivity index (χ0n) is 12.3. The summed E-state index contributed by atoms with van der Waals surface area (Å²) in [5, 5.41) is 19.8. The molecule has 0 bridgehead atoms. The van der Waals surface area contributed by atoms with Gasteiger partial charge in [0, 0.05) is 12.1 Å². The summed E-state index contributed by atoms with van der Waals surface area (Å²) in [6, 6.07) is 11.4. The summed E-state index contributed by atoms with van der Waals surface area (Å²) in [5.41, 5.74) is 0.407. The van der Waals surface area contributed by atoms with E-state index in [1.54, 1.807) is 30.3 Å². The summed E-state index contributed by atoms with van der Waals surface area (Å²) in [5.74, 6) is -1.32. The first kappa shape index (κ1) is 17.6. The third kappa shape index (κ3) is 4.37. The van der Waals surface area contributed by atoms with Crippen molar-refractivity contribution in [3.05, 3.63) is 70.3 Å². The molecular formula is C15H14N2O6S. The Balaban J connectivity index is 2.21. The monoisotopic (exact) mass is 350 g/mol. The Bertz CT molecular complexity index is 834. The molecule has 2 rings (SSSR count). The van der Waals surface area contributed by atoms with E-state index in [4.69, 9.17) is 0 Å². The Morgan fingerprint density at radius 3 is 2.21 bits per heavy atom. The molecule has 1 atom stereocenters. The number of nitrogens with one attached hydrogen (secondary N) is 1. The topological polar surface area (TPSA) is 127 Å². The molecule has 0 aliphatic heterocycles. The highest BCUT2D eigenvalue weighted by molar-refractivity contribution is 7.89. The highest BCUT2D eigenvalue weighted by Crippen LogP contribution is 2.16. The Morgan fingerprint density at radius 1 is 1.12 bits per heavy atom. The van der Waals surface area contributed by atoms with Gasteiger partial charge in [0.2, 0.25) is 10.0 Å².